The molecule has 4 saturated carbocycles. The van der Waals surface area contributed by atoms with Crippen LogP contribution in [-0.2, 0) is 4.79 Å². The molecular formula is C20H29N3OS. The van der Waals surface area contributed by atoms with E-state index in [0.717, 1.165) is 42.3 Å². The van der Waals surface area contributed by atoms with Gasteiger partial charge in [-0.3, -0.25) is 4.79 Å². The summed E-state index contributed by atoms with van der Waals surface area (Å²) in [5, 5.41) is 6.47. The number of nitrogens with zero attached hydrogens (tertiary/aromatic N) is 2. The van der Waals surface area contributed by atoms with Crippen molar-refractivity contribution in [2.24, 2.45) is 23.2 Å². The van der Waals surface area contributed by atoms with Gasteiger partial charge >= 0.3 is 0 Å². The first-order valence-corrected chi connectivity index (χ1v) is 11.0. The molecule has 2 atom stereocenters. The van der Waals surface area contributed by atoms with E-state index in [1.807, 2.05) is 11.6 Å². The predicted octanol–water partition coefficient (Wildman–Crippen LogP) is 3.83. The molecule has 5 aliphatic rings. The van der Waals surface area contributed by atoms with Gasteiger partial charge in [-0.2, -0.15) is 0 Å². The summed E-state index contributed by atoms with van der Waals surface area (Å²) in [4.78, 5) is 19.7. The van der Waals surface area contributed by atoms with E-state index >= 15 is 0 Å². The maximum absolute atomic E-state index is 13.1. The average molecular weight is 360 g/mol. The minimum atomic E-state index is -0.0255. The maximum atomic E-state index is 13.1. The number of carbonyl (C=O) groups excluding carboxylic acids is 1. The van der Waals surface area contributed by atoms with E-state index in [1.165, 1.54) is 38.5 Å². The highest BCUT2D eigenvalue weighted by molar-refractivity contribution is 7.13. The molecule has 25 heavy (non-hydrogen) atoms. The Labute approximate surface area is 154 Å². The monoisotopic (exact) mass is 359 g/mol. The van der Waals surface area contributed by atoms with Gasteiger partial charge in [0, 0.05) is 24.2 Å². The van der Waals surface area contributed by atoms with Crippen LogP contribution in [0.15, 0.2) is 11.6 Å². The van der Waals surface area contributed by atoms with Crippen LogP contribution < -0.4 is 10.2 Å². The summed E-state index contributed by atoms with van der Waals surface area (Å²) in [6, 6.07) is 0.287. The average Bonchev–Trinajstić information content (AvgIpc) is 3.24. The lowest BCUT2D eigenvalue weighted by Crippen LogP contribution is -2.57. The van der Waals surface area contributed by atoms with E-state index < -0.39 is 0 Å². The fourth-order valence-electron chi connectivity index (χ4n) is 6.80. The van der Waals surface area contributed by atoms with Crippen LogP contribution in [0.4, 0.5) is 5.13 Å². The third-order valence-corrected chi connectivity index (χ3v) is 8.39. The van der Waals surface area contributed by atoms with E-state index in [0.29, 0.717) is 11.5 Å². The van der Waals surface area contributed by atoms with Crippen molar-refractivity contribution in [3.05, 3.63) is 11.6 Å². The van der Waals surface area contributed by atoms with Gasteiger partial charge in [-0.25, -0.2) is 4.98 Å². The van der Waals surface area contributed by atoms with Crippen molar-refractivity contribution in [1.82, 2.24) is 10.3 Å². The summed E-state index contributed by atoms with van der Waals surface area (Å²) < 4.78 is 0. The highest BCUT2D eigenvalue weighted by atomic mass is 32.1. The van der Waals surface area contributed by atoms with E-state index in [2.05, 4.69) is 22.1 Å². The number of amides is 1. The summed E-state index contributed by atoms with van der Waals surface area (Å²) in [7, 11) is 0. The second kappa shape index (κ2) is 5.97. The van der Waals surface area contributed by atoms with Crippen LogP contribution >= 0.6 is 11.3 Å². The lowest BCUT2D eigenvalue weighted by molar-refractivity contribution is -0.127. The van der Waals surface area contributed by atoms with Gasteiger partial charge in [0.25, 0.3) is 0 Å². The zero-order valence-corrected chi connectivity index (χ0v) is 15.9. The Morgan fingerprint density at radius 3 is 2.56 bits per heavy atom. The number of carbonyl (C=O) groups is 1. The molecule has 1 aliphatic heterocycles. The third-order valence-electron chi connectivity index (χ3n) is 7.58. The Balaban J connectivity index is 1.29. The Morgan fingerprint density at radius 1 is 1.28 bits per heavy atom. The molecule has 1 aromatic heterocycles. The van der Waals surface area contributed by atoms with Crippen molar-refractivity contribution in [3.8, 4) is 0 Å². The van der Waals surface area contributed by atoms with Crippen molar-refractivity contribution < 1.29 is 4.79 Å². The minimum Gasteiger partial charge on any atom is -0.351 e. The standard InChI is InChI=1S/C20H29N3OS/c1-13(20-10-14-7-15(11-20)9-16(8-14)12-20)22-18(24)17-3-2-5-23(17)19-21-4-6-25-19/h4,6,13-17H,2-3,5,7-12H2,1H3,(H,22,24). The molecule has 4 nitrogen and oxygen atoms in total. The Morgan fingerprint density at radius 2 is 1.96 bits per heavy atom. The lowest BCUT2D eigenvalue weighted by Gasteiger charge is -2.59. The molecule has 2 heterocycles. The first kappa shape index (κ1) is 16.1. The lowest BCUT2D eigenvalue weighted by atomic mass is 9.48. The quantitative estimate of drug-likeness (QED) is 0.888. The summed E-state index contributed by atoms with van der Waals surface area (Å²) >= 11 is 1.64. The molecule has 0 spiro atoms. The van der Waals surface area contributed by atoms with Gasteiger partial charge in [-0.05, 0) is 81.5 Å². The molecule has 5 heteroatoms. The number of anilines is 1. The van der Waals surface area contributed by atoms with Gasteiger partial charge in [-0.15, -0.1) is 11.3 Å². The van der Waals surface area contributed by atoms with Gasteiger partial charge in [0.05, 0.1) is 0 Å². The normalized spacial score (nSPS) is 40.4. The van der Waals surface area contributed by atoms with Crippen LogP contribution in [0, 0.1) is 23.2 Å². The Hall–Kier alpha value is -1.10. The van der Waals surface area contributed by atoms with Crippen molar-refractivity contribution in [2.75, 3.05) is 11.4 Å². The molecule has 4 bridgehead atoms. The fourth-order valence-corrected chi connectivity index (χ4v) is 7.52. The number of nitrogens with one attached hydrogen (secondary N) is 1. The number of hydrogen-bond acceptors (Lipinski definition) is 4. The van der Waals surface area contributed by atoms with Crippen molar-refractivity contribution in [1.29, 1.82) is 0 Å². The van der Waals surface area contributed by atoms with E-state index in [1.54, 1.807) is 11.3 Å². The second-order valence-corrected chi connectivity index (χ2v) is 10.0. The van der Waals surface area contributed by atoms with Crippen molar-refractivity contribution in [2.45, 2.75) is 70.4 Å². The maximum Gasteiger partial charge on any atom is 0.243 e. The molecule has 6 rings (SSSR count). The van der Waals surface area contributed by atoms with Crippen LogP contribution in [0.5, 0.6) is 0 Å². The number of thiazole rings is 1. The van der Waals surface area contributed by atoms with Gasteiger partial charge in [0.2, 0.25) is 5.91 Å². The first-order valence-electron chi connectivity index (χ1n) is 10.1. The molecular weight excluding hydrogens is 330 g/mol. The minimum absolute atomic E-state index is 0.0255. The molecule has 1 saturated heterocycles. The predicted molar refractivity (Wildman–Crippen MR) is 101 cm³/mol. The molecule has 4 aliphatic carbocycles. The highest BCUT2D eigenvalue weighted by Gasteiger charge is 2.53. The topological polar surface area (TPSA) is 45.2 Å². The highest BCUT2D eigenvalue weighted by Crippen LogP contribution is 2.61. The van der Waals surface area contributed by atoms with E-state index in [9.17, 15) is 4.79 Å². The molecule has 2 unspecified atom stereocenters. The van der Waals surface area contributed by atoms with E-state index in [-0.39, 0.29) is 11.9 Å². The summed E-state index contributed by atoms with van der Waals surface area (Å²) in [6.45, 7) is 3.24. The smallest absolute Gasteiger partial charge is 0.243 e. The van der Waals surface area contributed by atoms with Crippen LogP contribution in [0.2, 0.25) is 0 Å². The van der Waals surface area contributed by atoms with Gasteiger partial charge in [0.1, 0.15) is 6.04 Å². The molecule has 5 fully saturated rings. The van der Waals surface area contributed by atoms with Gasteiger partial charge in [-0.1, -0.05) is 0 Å². The zero-order chi connectivity index (χ0) is 17.0. The number of rotatable bonds is 4. The zero-order valence-electron chi connectivity index (χ0n) is 15.1. The molecule has 1 N–H and O–H groups in total. The molecule has 0 radical (unpaired) electrons. The van der Waals surface area contributed by atoms with Crippen LogP contribution in [0.25, 0.3) is 0 Å². The summed E-state index contributed by atoms with van der Waals surface area (Å²) in [6.07, 6.45) is 12.3. The SMILES string of the molecule is CC(NC(=O)C1CCCN1c1nccs1)C12CC3CC(CC(C3)C1)C2. The van der Waals surface area contributed by atoms with Crippen LogP contribution in [0.3, 0.4) is 0 Å². The van der Waals surface area contributed by atoms with Gasteiger partial charge < -0.3 is 10.2 Å². The van der Waals surface area contributed by atoms with Crippen molar-refractivity contribution in [3.63, 3.8) is 0 Å². The molecule has 1 amide bonds. The molecule has 136 valence electrons. The van der Waals surface area contributed by atoms with Crippen LogP contribution in [-0.4, -0.2) is 29.5 Å². The molecule has 1 aromatic rings. The summed E-state index contributed by atoms with van der Waals surface area (Å²) in [5.74, 6) is 3.03. The summed E-state index contributed by atoms with van der Waals surface area (Å²) in [5.41, 5.74) is 0.384. The second-order valence-electron chi connectivity index (χ2n) is 9.18. The van der Waals surface area contributed by atoms with Gasteiger partial charge in [0.15, 0.2) is 5.13 Å². The Kier molecular flexibility index (Phi) is 3.84. The van der Waals surface area contributed by atoms with Crippen molar-refractivity contribution >= 4 is 22.4 Å². The Bertz CT molecular complexity index is 608. The van der Waals surface area contributed by atoms with Crippen LogP contribution in [0.1, 0.15) is 58.3 Å². The first-order chi connectivity index (χ1) is 12.1. The largest absolute Gasteiger partial charge is 0.351 e. The number of aromatic nitrogens is 1. The molecule has 0 aromatic carbocycles. The fraction of sp³-hybridized carbons (Fsp3) is 0.800. The third kappa shape index (κ3) is 2.70. The van der Waals surface area contributed by atoms with E-state index in [4.69, 9.17) is 0 Å². The number of hydrogen-bond donors (Lipinski definition) is 1.